The van der Waals surface area contributed by atoms with E-state index in [-0.39, 0.29) is 12.5 Å². The minimum Gasteiger partial charge on any atom is -0.493 e. The van der Waals surface area contributed by atoms with E-state index < -0.39 is 6.10 Å². The quantitative estimate of drug-likeness (QED) is 0.668. The van der Waals surface area contributed by atoms with Crippen LogP contribution in [0.2, 0.25) is 0 Å². The fourth-order valence-electron chi connectivity index (χ4n) is 5.20. The van der Waals surface area contributed by atoms with Gasteiger partial charge >= 0.3 is 0 Å². The smallest absolute Gasteiger partial charge is 0.234 e. The Labute approximate surface area is 179 Å². The number of nitrogens with zero attached hydrogens (tertiary/aromatic N) is 2. The average molecular weight is 418 g/mol. The number of ether oxygens (including phenoxy) is 2. The number of aliphatic hydroxyl groups excluding tert-OH is 1. The first kappa shape index (κ1) is 21.4. The third-order valence-corrected chi connectivity index (χ3v) is 6.70. The highest BCUT2D eigenvalue weighted by molar-refractivity contribution is 5.78. The minimum atomic E-state index is -0.513. The molecule has 1 unspecified atom stereocenters. The molecule has 0 radical (unpaired) electrons. The minimum absolute atomic E-state index is 0.0689. The topological polar surface area (TPSA) is 74.3 Å². The molecule has 30 heavy (non-hydrogen) atoms. The molecule has 3 atom stereocenters. The molecule has 1 amide bonds. The van der Waals surface area contributed by atoms with Crippen molar-refractivity contribution in [3.8, 4) is 11.5 Å². The summed E-state index contributed by atoms with van der Waals surface area (Å²) in [7, 11) is 1.63. The first-order chi connectivity index (χ1) is 14.6. The molecule has 1 aromatic carbocycles. The fourth-order valence-corrected chi connectivity index (χ4v) is 5.20. The van der Waals surface area contributed by atoms with Gasteiger partial charge in [0.15, 0.2) is 11.5 Å². The molecule has 2 heterocycles. The lowest BCUT2D eigenvalue weighted by atomic mass is 9.82. The lowest BCUT2D eigenvalue weighted by molar-refractivity contribution is -0.124. The standard InChI is InChI=1S/C23H35N3O4/c1-29-22-10-17(11-25-9-8-24-23(28)15-25)6-7-21(22)30-16-20(27)14-26-12-18-4-2-3-5-19(18)13-26/h6-7,10,18-20,27H,2-5,8-9,11-16H2,1H3,(H,24,28)/t18-,19+,20?. The summed E-state index contributed by atoms with van der Waals surface area (Å²) < 4.78 is 11.4. The van der Waals surface area contributed by atoms with Crippen LogP contribution in [0.5, 0.6) is 11.5 Å². The van der Waals surface area contributed by atoms with Gasteiger partial charge < -0.3 is 24.8 Å². The molecule has 2 aliphatic heterocycles. The van der Waals surface area contributed by atoms with Gasteiger partial charge in [0, 0.05) is 39.3 Å². The zero-order chi connectivity index (χ0) is 20.9. The lowest BCUT2D eigenvalue weighted by Crippen LogP contribution is -2.47. The van der Waals surface area contributed by atoms with Crippen LogP contribution in [0.4, 0.5) is 0 Å². The van der Waals surface area contributed by atoms with Gasteiger partial charge in [-0.25, -0.2) is 0 Å². The van der Waals surface area contributed by atoms with E-state index in [2.05, 4.69) is 15.1 Å². The van der Waals surface area contributed by atoms with Gasteiger partial charge in [0.25, 0.3) is 0 Å². The molecule has 0 aromatic heterocycles. The molecule has 0 bridgehead atoms. The van der Waals surface area contributed by atoms with Crippen molar-refractivity contribution in [1.29, 1.82) is 0 Å². The summed E-state index contributed by atoms with van der Waals surface area (Å²) >= 11 is 0. The van der Waals surface area contributed by atoms with Crippen molar-refractivity contribution in [3.63, 3.8) is 0 Å². The van der Waals surface area contributed by atoms with Crippen molar-refractivity contribution in [1.82, 2.24) is 15.1 Å². The van der Waals surface area contributed by atoms with Gasteiger partial charge in [0.2, 0.25) is 5.91 Å². The number of methoxy groups -OCH3 is 1. The van der Waals surface area contributed by atoms with Gasteiger partial charge in [-0.2, -0.15) is 0 Å². The van der Waals surface area contributed by atoms with Crippen molar-refractivity contribution in [2.75, 3.05) is 53.0 Å². The molecule has 7 nitrogen and oxygen atoms in total. The largest absolute Gasteiger partial charge is 0.493 e. The zero-order valence-corrected chi connectivity index (χ0v) is 18.0. The second-order valence-corrected chi connectivity index (χ2v) is 9.03. The number of fused-ring (bicyclic) bond motifs is 1. The van der Waals surface area contributed by atoms with E-state index in [1.807, 2.05) is 18.2 Å². The van der Waals surface area contributed by atoms with Crippen molar-refractivity contribution < 1.29 is 19.4 Å². The van der Waals surface area contributed by atoms with Gasteiger partial charge in [0.1, 0.15) is 12.7 Å². The SMILES string of the molecule is COc1cc(CN2CCNC(=O)C2)ccc1OCC(O)CN1C[C@H]2CCCC[C@H]2C1. The van der Waals surface area contributed by atoms with Gasteiger partial charge in [-0.1, -0.05) is 18.9 Å². The Kier molecular flexibility index (Phi) is 7.12. The van der Waals surface area contributed by atoms with E-state index in [0.717, 1.165) is 37.0 Å². The summed E-state index contributed by atoms with van der Waals surface area (Å²) in [5.74, 6) is 3.02. The summed E-state index contributed by atoms with van der Waals surface area (Å²) in [5, 5.41) is 13.4. The van der Waals surface area contributed by atoms with Crippen molar-refractivity contribution >= 4 is 5.91 Å². The van der Waals surface area contributed by atoms with Crippen LogP contribution in [0.3, 0.4) is 0 Å². The van der Waals surface area contributed by atoms with Crippen molar-refractivity contribution in [2.24, 2.45) is 11.8 Å². The number of hydrogen-bond donors (Lipinski definition) is 2. The Balaban J connectivity index is 1.27. The fraction of sp³-hybridized carbons (Fsp3) is 0.696. The molecule has 1 aromatic rings. The highest BCUT2D eigenvalue weighted by Crippen LogP contribution is 2.36. The maximum atomic E-state index is 11.6. The molecule has 0 spiro atoms. The van der Waals surface area contributed by atoms with E-state index in [0.29, 0.717) is 37.7 Å². The number of amides is 1. The van der Waals surface area contributed by atoms with E-state index in [4.69, 9.17) is 9.47 Å². The Morgan fingerprint density at radius 3 is 2.63 bits per heavy atom. The molecule has 7 heteroatoms. The molecule has 1 aliphatic carbocycles. The molecule has 166 valence electrons. The number of aliphatic hydroxyl groups is 1. The predicted octanol–water partition coefficient (Wildman–Crippen LogP) is 1.49. The molecular formula is C23H35N3O4. The summed E-state index contributed by atoms with van der Waals surface area (Å²) in [5.41, 5.74) is 1.08. The number of nitrogens with one attached hydrogen (secondary N) is 1. The number of carbonyl (C=O) groups is 1. The molecule has 1 saturated carbocycles. The normalized spacial score (nSPS) is 26.1. The van der Waals surface area contributed by atoms with Crippen molar-refractivity contribution in [3.05, 3.63) is 23.8 Å². The van der Waals surface area contributed by atoms with Crippen LogP contribution in [0.15, 0.2) is 18.2 Å². The molecular weight excluding hydrogens is 382 g/mol. The van der Waals surface area contributed by atoms with Gasteiger partial charge in [-0.3, -0.25) is 9.69 Å². The summed E-state index contributed by atoms with van der Waals surface area (Å²) in [6.45, 7) is 5.82. The van der Waals surface area contributed by atoms with Gasteiger partial charge in [-0.15, -0.1) is 0 Å². The van der Waals surface area contributed by atoms with Crippen LogP contribution in [0.1, 0.15) is 31.2 Å². The maximum absolute atomic E-state index is 11.6. The molecule has 2 saturated heterocycles. The lowest BCUT2D eigenvalue weighted by Gasteiger charge is -2.26. The Morgan fingerprint density at radius 2 is 1.93 bits per heavy atom. The molecule has 3 aliphatic rings. The van der Waals surface area contributed by atoms with Gasteiger partial charge in [-0.05, 0) is 42.4 Å². The number of β-amino-alcohol motifs (C(OH)–C–C–N with tert-alkyl or cyclic N) is 1. The highest BCUT2D eigenvalue weighted by Gasteiger charge is 2.34. The Morgan fingerprint density at radius 1 is 1.17 bits per heavy atom. The number of rotatable bonds is 8. The number of benzene rings is 1. The van der Waals surface area contributed by atoms with E-state index in [1.165, 1.54) is 25.7 Å². The molecule has 2 N–H and O–H groups in total. The van der Waals surface area contributed by atoms with Crippen LogP contribution in [0, 0.1) is 11.8 Å². The van der Waals surface area contributed by atoms with E-state index in [1.54, 1.807) is 7.11 Å². The second-order valence-electron chi connectivity index (χ2n) is 9.03. The monoisotopic (exact) mass is 417 g/mol. The maximum Gasteiger partial charge on any atom is 0.234 e. The Hall–Kier alpha value is -1.83. The van der Waals surface area contributed by atoms with E-state index >= 15 is 0 Å². The van der Waals surface area contributed by atoms with Crippen LogP contribution >= 0.6 is 0 Å². The summed E-state index contributed by atoms with van der Waals surface area (Å²) in [4.78, 5) is 16.1. The van der Waals surface area contributed by atoms with E-state index in [9.17, 15) is 9.90 Å². The Bertz CT molecular complexity index is 714. The molecule has 3 fully saturated rings. The highest BCUT2D eigenvalue weighted by atomic mass is 16.5. The van der Waals surface area contributed by atoms with Crippen LogP contribution in [-0.2, 0) is 11.3 Å². The molecule has 4 rings (SSSR count). The first-order valence-corrected chi connectivity index (χ1v) is 11.3. The first-order valence-electron chi connectivity index (χ1n) is 11.3. The zero-order valence-electron chi connectivity index (χ0n) is 18.0. The summed E-state index contributed by atoms with van der Waals surface area (Å²) in [6.07, 6.45) is 4.91. The van der Waals surface area contributed by atoms with Crippen molar-refractivity contribution in [2.45, 2.75) is 38.3 Å². The average Bonchev–Trinajstić information content (AvgIpc) is 3.15. The third-order valence-electron chi connectivity index (χ3n) is 6.70. The second kappa shape index (κ2) is 9.98. The number of hydrogen-bond acceptors (Lipinski definition) is 6. The number of carbonyl (C=O) groups excluding carboxylic acids is 1. The van der Waals surface area contributed by atoms with Crippen LogP contribution in [-0.4, -0.2) is 79.9 Å². The third kappa shape index (κ3) is 5.45. The number of piperazine rings is 1. The number of likely N-dealkylation sites (tertiary alicyclic amines) is 1. The van der Waals surface area contributed by atoms with Gasteiger partial charge in [0.05, 0.1) is 13.7 Å². The predicted molar refractivity (Wildman–Crippen MR) is 115 cm³/mol. The summed E-state index contributed by atoms with van der Waals surface area (Å²) in [6, 6.07) is 5.86. The van der Waals surface area contributed by atoms with Crippen LogP contribution in [0.25, 0.3) is 0 Å². The van der Waals surface area contributed by atoms with Crippen LogP contribution < -0.4 is 14.8 Å².